The Morgan fingerprint density at radius 2 is 1.37 bits per heavy atom. The average molecular weight is 632 g/mol. The number of thioether (sulfide) groups is 1. The number of rotatable bonds is 11. The van der Waals surface area contributed by atoms with E-state index in [0.717, 1.165) is 10.5 Å². The Bertz CT molecular complexity index is 1850. The number of hydrogen-bond donors (Lipinski definition) is 3. The van der Waals surface area contributed by atoms with E-state index in [9.17, 15) is 18.8 Å². The quantitative estimate of drug-likeness (QED) is 0.103. The highest BCUT2D eigenvalue weighted by Crippen LogP contribution is 2.37. The maximum absolute atomic E-state index is 14.3. The van der Waals surface area contributed by atoms with E-state index in [-0.39, 0.29) is 17.3 Å². The molecule has 0 aromatic heterocycles. The van der Waals surface area contributed by atoms with E-state index in [1.807, 2.05) is 36.4 Å². The number of nitrogens with one attached hydrogen (secondary N) is 3. The molecule has 0 fully saturated rings. The average Bonchev–Trinajstić information content (AvgIpc) is 3.09. The summed E-state index contributed by atoms with van der Waals surface area (Å²) in [5.41, 5.74) is 2.35. The maximum Gasteiger partial charge on any atom is 0.272 e. The minimum Gasteiger partial charge on any atom is -0.496 e. The van der Waals surface area contributed by atoms with Gasteiger partial charge in [0.05, 0.1) is 12.8 Å². The molecule has 0 aliphatic rings. The molecule has 5 aromatic rings. The molecule has 0 saturated carbocycles. The summed E-state index contributed by atoms with van der Waals surface area (Å²) in [5.74, 6) is -1.34. The second-order valence-corrected chi connectivity index (χ2v) is 11.2. The lowest BCUT2D eigenvalue weighted by Gasteiger charge is -2.18. The van der Waals surface area contributed by atoms with Crippen molar-refractivity contribution < 1.29 is 23.5 Å². The zero-order valence-electron chi connectivity index (χ0n) is 24.8. The second kappa shape index (κ2) is 15.4. The molecule has 0 aliphatic heterocycles. The van der Waals surface area contributed by atoms with E-state index < -0.39 is 22.9 Å². The van der Waals surface area contributed by atoms with Gasteiger partial charge in [0, 0.05) is 21.7 Å². The SMILES string of the molecule is COc1ccccc1/C=C(\NC(=O)c1ccccc1)C(=O)Nc1ccc(SC(C(=O)Nc2ccccc2F)c2ccccc2)cc1. The van der Waals surface area contributed by atoms with E-state index in [0.29, 0.717) is 22.6 Å². The normalized spacial score (nSPS) is 11.7. The number of benzene rings is 5. The van der Waals surface area contributed by atoms with E-state index in [4.69, 9.17) is 4.74 Å². The summed E-state index contributed by atoms with van der Waals surface area (Å²) in [7, 11) is 1.53. The Hall–Kier alpha value is -5.67. The molecule has 0 radical (unpaired) electrons. The van der Waals surface area contributed by atoms with Gasteiger partial charge in [-0.25, -0.2) is 4.39 Å². The summed E-state index contributed by atoms with van der Waals surface area (Å²) in [6.45, 7) is 0. The van der Waals surface area contributed by atoms with Gasteiger partial charge in [-0.1, -0.05) is 78.9 Å². The molecule has 230 valence electrons. The highest BCUT2D eigenvalue weighted by atomic mass is 32.2. The summed E-state index contributed by atoms with van der Waals surface area (Å²) in [4.78, 5) is 40.6. The van der Waals surface area contributed by atoms with Crippen LogP contribution in [0.3, 0.4) is 0 Å². The molecule has 0 heterocycles. The Kier molecular flexibility index (Phi) is 10.6. The molecule has 0 spiro atoms. The van der Waals surface area contributed by atoms with Crippen molar-refractivity contribution in [2.45, 2.75) is 10.1 Å². The van der Waals surface area contributed by atoms with Crippen LogP contribution in [0.25, 0.3) is 6.08 Å². The van der Waals surface area contributed by atoms with Gasteiger partial charge in [-0.3, -0.25) is 14.4 Å². The number of amides is 3. The zero-order valence-corrected chi connectivity index (χ0v) is 25.6. The molecule has 46 heavy (non-hydrogen) atoms. The number of anilines is 2. The van der Waals surface area contributed by atoms with Crippen LogP contribution in [0.2, 0.25) is 0 Å². The fraction of sp³-hybridized carbons (Fsp3) is 0.0541. The second-order valence-electron chi connectivity index (χ2n) is 9.98. The van der Waals surface area contributed by atoms with Crippen molar-refractivity contribution in [2.24, 2.45) is 0 Å². The number of ether oxygens (including phenoxy) is 1. The van der Waals surface area contributed by atoms with Gasteiger partial charge in [0.25, 0.3) is 11.8 Å². The van der Waals surface area contributed by atoms with Gasteiger partial charge in [-0.2, -0.15) is 0 Å². The van der Waals surface area contributed by atoms with E-state index in [2.05, 4.69) is 16.0 Å². The summed E-state index contributed by atoms with van der Waals surface area (Å²) >= 11 is 1.29. The fourth-order valence-electron chi connectivity index (χ4n) is 4.50. The van der Waals surface area contributed by atoms with Crippen LogP contribution in [0.4, 0.5) is 15.8 Å². The van der Waals surface area contributed by atoms with Crippen LogP contribution in [0.1, 0.15) is 26.7 Å². The molecule has 3 amide bonds. The van der Waals surface area contributed by atoms with E-state index in [1.165, 1.54) is 31.0 Å². The Labute approximate surface area is 270 Å². The largest absolute Gasteiger partial charge is 0.496 e. The summed E-state index contributed by atoms with van der Waals surface area (Å²) in [6, 6.07) is 37.9. The Morgan fingerprint density at radius 1 is 0.739 bits per heavy atom. The minimum absolute atomic E-state index is 0.0192. The van der Waals surface area contributed by atoms with E-state index in [1.54, 1.807) is 91.0 Å². The highest BCUT2D eigenvalue weighted by molar-refractivity contribution is 8.00. The van der Waals surface area contributed by atoms with Crippen molar-refractivity contribution in [1.29, 1.82) is 0 Å². The highest BCUT2D eigenvalue weighted by Gasteiger charge is 2.23. The van der Waals surface area contributed by atoms with Crippen molar-refractivity contribution in [3.63, 3.8) is 0 Å². The third-order valence-corrected chi connectivity index (χ3v) is 8.07. The molecule has 0 saturated heterocycles. The Balaban J connectivity index is 1.34. The number of halogens is 1. The molecule has 5 rings (SSSR count). The molecular formula is C37H30FN3O4S. The Morgan fingerprint density at radius 3 is 2.07 bits per heavy atom. The number of hydrogen-bond acceptors (Lipinski definition) is 5. The first kappa shape index (κ1) is 31.7. The van der Waals surface area contributed by atoms with Crippen LogP contribution in [0.15, 0.2) is 144 Å². The van der Waals surface area contributed by atoms with Crippen LogP contribution >= 0.6 is 11.8 Å². The minimum atomic E-state index is -0.676. The molecular weight excluding hydrogens is 601 g/mol. The maximum atomic E-state index is 14.3. The van der Waals surface area contributed by atoms with Crippen LogP contribution in [-0.2, 0) is 9.59 Å². The van der Waals surface area contributed by atoms with Gasteiger partial charge in [0.1, 0.15) is 22.5 Å². The fourth-order valence-corrected chi connectivity index (χ4v) is 5.52. The van der Waals surface area contributed by atoms with Gasteiger partial charge >= 0.3 is 0 Å². The van der Waals surface area contributed by atoms with E-state index >= 15 is 0 Å². The third kappa shape index (κ3) is 8.28. The zero-order chi connectivity index (χ0) is 32.3. The molecule has 7 nitrogen and oxygen atoms in total. The first-order valence-electron chi connectivity index (χ1n) is 14.3. The first-order valence-corrected chi connectivity index (χ1v) is 15.2. The first-order chi connectivity index (χ1) is 22.4. The standard InChI is InChI=1S/C37H30FN3O4S/c1-45-33-19-11-8-16-27(33)24-32(41-35(42)26-14-6-3-7-15-26)36(43)39-28-20-22-29(23-21-28)46-34(25-12-4-2-5-13-25)37(44)40-31-18-10-9-17-30(31)38/h2-24,34H,1H3,(H,39,43)(H,40,44)(H,41,42)/b32-24-. The number of para-hydroxylation sites is 2. The molecule has 0 aliphatic carbocycles. The van der Waals surface area contributed by atoms with Crippen LogP contribution in [-0.4, -0.2) is 24.8 Å². The molecule has 3 N–H and O–H groups in total. The van der Waals surface area contributed by atoms with Crippen molar-refractivity contribution in [1.82, 2.24) is 5.32 Å². The molecule has 0 bridgehead atoms. The van der Waals surface area contributed by atoms with Crippen molar-refractivity contribution in [2.75, 3.05) is 17.7 Å². The monoisotopic (exact) mass is 631 g/mol. The number of carbonyl (C=O) groups excluding carboxylic acids is 3. The predicted octanol–water partition coefficient (Wildman–Crippen LogP) is 7.72. The number of carbonyl (C=O) groups is 3. The summed E-state index contributed by atoms with van der Waals surface area (Å²) in [6.07, 6.45) is 1.55. The van der Waals surface area contributed by atoms with Gasteiger partial charge in [0.2, 0.25) is 5.91 Å². The molecule has 5 aromatic carbocycles. The van der Waals surface area contributed by atoms with Crippen molar-refractivity contribution in [3.8, 4) is 5.75 Å². The summed E-state index contributed by atoms with van der Waals surface area (Å²) in [5, 5.41) is 7.58. The summed E-state index contributed by atoms with van der Waals surface area (Å²) < 4.78 is 19.7. The molecule has 1 atom stereocenters. The molecule has 9 heteroatoms. The lowest BCUT2D eigenvalue weighted by Crippen LogP contribution is -2.30. The lowest BCUT2D eigenvalue weighted by molar-refractivity contribution is -0.116. The van der Waals surface area contributed by atoms with Crippen molar-refractivity contribution >= 4 is 46.9 Å². The van der Waals surface area contributed by atoms with Gasteiger partial charge in [-0.05, 0) is 66.2 Å². The van der Waals surface area contributed by atoms with Crippen molar-refractivity contribution in [3.05, 3.63) is 162 Å². The van der Waals surface area contributed by atoms with Gasteiger partial charge < -0.3 is 20.7 Å². The lowest BCUT2D eigenvalue weighted by atomic mass is 10.1. The van der Waals surface area contributed by atoms with Gasteiger partial charge in [-0.15, -0.1) is 11.8 Å². The number of methoxy groups -OCH3 is 1. The molecule has 1 unspecified atom stereocenters. The topological polar surface area (TPSA) is 96.5 Å². The third-order valence-electron chi connectivity index (χ3n) is 6.81. The van der Waals surface area contributed by atoms with Gasteiger partial charge in [0.15, 0.2) is 0 Å². The van der Waals surface area contributed by atoms with Crippen LogP contribution < -0.4 is 20.7 Å². The smallest absolute Gasteiger partial charge is 0.272 e. The predicted molar refractivity (Wildman–Crippen MR) is 180 cm³/mol. The van der Waals surface area contributed by atoms with Crippen LogP contribution in [0.5, 0.6) is 5.75 Å². The van der Waals surface area contributed by atoms with Crippen LogP contribution in [0, 0.1) is 5.82 Å².